The first-order valence-corrected chi connectivity index (χ1v) is 22.0. The van der Waals surface area contributed by atoms with E-state index in [0.29, 0.717) is 19.3 Å². The fourth-order valence-electron chi connectivity index (χ4n) is 6.42. The van der Waals surface area contributed by atoms with Crippen molar-refractivity contribution >= 4 is 5.91 Å². The van der Waals surface area contributed by atoms with Crippen molar-refractivity contribution in [1.29, 1.82) is 0 Å². The number of ether oxygens (including phenoxy) is 4. The maximum Gasteiger partial charge on any atom is 0.220 e. The first-order valence-electron chi connectivity index (χ1n) is 22.0. The molecule has 12 atom stereocenters. The van der Waals surface area contributed by atoms with Crippen LogP contribution in [0.15, 0.2) is 97.2 Å². The third-order valence-electron chi connectivity index (χ3n) is 9.99. The summed E-state index contributed by atoms with van der Waals surface area (Å²) >= 11 is 0. The minimum absolute atomic E-state index is 0.185. The fourth-order valence-corrected chi connectivity index (χ4v) is 6.42. The van der Waals surface area contributed by atoms with Crippen molar-refractivity contribution in [2.24, 2.45) is 0 Å². The van der Waals surface area contributed by atoms with Crippen LogP contribution >= 0.6 is 0 Å². The number of carbonyl (C=O) groups excluding carboxylic acids is 1. The van der Waals surface area contributed by atoms with Crippen LogP contribution in [0.3, 0.4) is 0 Å². The number of rotatable bonds is 30. The molecule has 0 bridgehead atoms. The van der Waals surface area contributed by atoms with Gasteiger partial charge in [0.2, 0.25) is 5.91 Å². The average Bonchev–Trinajstić information content (AvgIpc) is 3.26. The highest BCUT2D eigenvalue weighted by Gasteiger charge is 2.50. The van der Waals surface area contributed by atoms with E-state index in [2.05, 4.69) is 98.2 Å². The Bertz CT molecular complexity index is 1390. The number of amides is 1. The molecule has 0 aromatic heterocycles. The molecule has 0 aromatic rings. The largest absolute Gasteiger partial charge is 0.394 e. The van der Waals surface area contributed by atoms with Gasteiger partial charge in [0, 0.05) is 6.42 Å². The first-order chi connectivity index (χ1) is 29.6. The predicted octanol–water partition coefficient (Wildman–Crippen LogP) is 4.03. The molecule has 2 fully saturated rings. The molecule has 9 N–H and O–H groups in total. The van der Waals surface area contributed by atoms with Gasteiger partial charge in [-0.15, -0.1) is 0 Å². The van der Waals surface area contributed by atoms with E-state index in [1.165, 1.54) is 0 Å². The van der Waals surface area contributed by atoms with Crippen molar-refractivity contribution in [2.45, 2.75) is 171 Å². The molecule has 0 saturated carbocycles. The van der Waals surface area contributed by atoms with Crippen LogP contribution in [0.1, 0.15) is 97.3 Å². The molecule has 1 amide bonds. The molecule has 12 unspecified atom stereocenters. The Morgan fingerprint density at radius 3 is 1.64 bits per heavy atom. The lowest BCUT2D eigenvalue weighted by Gasteiger charge is -2.46. The fraction of sp³-hybridized carbons (Fsp3) is 0.638. The number of unbranched alkanes of at least 4 members (excludes halogenated alkanes) is 3. The maximum absolute atomic E-state index is 13.1. The smallest absolute Gasteiger partial charge is 0.220 e. The van der Waals surface area contributed by atoms with Gasteiger partial charge < -0.3 is 65.1 Å². The lowest BCUT2D eigenvalue weighted by Crippen LogP contribution is -2.65. The Hall–Kier alpha value is -3.09. The van der Waals surface area contributed by atoms with Crippen LogP contribution in [0, 0.1) is 0 Å². The minimum Gasteiger partial charge on any atom is -0.394 e. The van der Waals surface area contributed by atoms with Crippen LogP contribution in [0.4, 0.5) is 0 Å². The highest BCUT2D eigenvalue weighted by Crippen LogP contribution is 2.29. The van der Waals surface area contributed by atoms with Gasteiger partial charge in [-0.3, -0.25) is 4.79 Å². The van der Waals surface area contributed by atoms with Gasteiger partial charge in [-0.2, -0.15) is 0 Å². The van der Waals surface area contributed by atoms with E-state index in [9.17, 15) is 45.6 Å². The monoisotopic (exact) mass is 862 g/mol. The van der Waals surface area contributed by atoms with Crippen molar-refractivity contribution in [3.05, 3.63) is 97.2 Å². The van der Waals surface area contributed by atoms with E-state index in [0.717, 1.165) is 57.8 Å². The highest BCUT2D eigenvalue weighted by molar-refractivity contribution is 5.76. The van der Waals surface area contributed by atoms with Crippen molar-refractivity contribution in [3.63, 3.8) is 0 Å². The van der Waals surface area contributed by atoms with Crippen LogP contribution in [0.2, 0.25) is 0 Å². The second-order valence-corrected chi connectivity index (χ2v) is 15.0. The minimum atomic E-state index is -1.80. The van der Waals surface area contributed by atoms with E-state index in [4.69, 9.17) is 18.9 Å². The standard InChI is InChI=1S/C47H75NO13/c1-3-5-7-9-11-13-15-16-17-18-19-20-21-23-25-27-29-31-39(52)48-35(36(51)30-28-26-24-22-14-12-10-8-6-4-2)34-58-46-44(57)42(55)45(38(33-50)60-46)61-47-43(56)41(54)40(53)37(32-49)59-47/h5-8,11,13-14,16-17,19-20,22-23,25,28,30,35-38,40-47,49-51,53-57H,3-4,9-10,12,15,18,21,24,26-27,29,31-34H2,1-2H3,(H,48,52)/b7-5-,8-6+,13-11-,17-16-,20-19-,22-14+,25-23-,30-28+. The van der Waals surface area contributed by atoms with E-state index in [1.807, 2.05) is 12.2 Å². The zero-order valence-electron chi connectivity index (χ0n) is 36.1. The normalized spacial score (nSPS) is 29.0. The van der Waals surface area contributed by atoms with Gasteiger partial charge in [0.05, 0.1) is 32.0 Å². The van der Waals surface area contributed by atoms with Gasteiger partial charge in [0.1, 0.15) is 48.8 Å². The molecule has 14 heteroatoms. The molecule has 2 rings (SSSR count). The molecule has 2 aliphatic rings. The molecule has 2 aliphatic heterocycles. The van der Waals surface area contributed by atoms with Crippen LogP contribution < -0.4 is 5.32 Å². The van der Waals surface area contributed by atoms with Crippen molar-refractivity contribution < 1.29 is 64.6 Å². The summed E-state index contributed by atoms with van der Waals surface area (Å²) in [5, 5.41) is 86.2. The van der Waals surface area contributed by atoms with Crippen molar-refractivity contribution in [3.8, 4) is 0 Å². The second kappa shape index (κ2) is 33.5. The summed E-state index contributed by atoms with van der Waals surface area (Å²) in [5.74, 6) is -0.320. The summed E-state index contributed by atoms with van der Waals surface area (Å²) in [6, 6.07) is -0.970. The van der Waals surface area contributed by atoms with Gasteiger partial charge in [-0.25, -0.2) is 0 Å². The molecule has 0 spiro atoms. The summed E-state index contributed by atoms with van der Waals surface area (Å²) in [5.41, 5.74) is 0. The molecule has 2 saturated heterocycles. The van der Waals surface area contributed by atoms with Crippen LogP contribution in [-0.4, -0.2) is 140 Å². The molecule has 0 radical (unpaired) electrons. The van der Waals surface area contributed by atoms with Crippen LogP contribution in [-0.2, 0) is 23.7 Å². The van der Waals surface area contributed by atoms with E-state index >= 15 is 0 Å². The van der Waals surface area contributed by atoms with Gasteiger partial charge in [-0.1, -0.05) is 111 Å². The number of carbonyl (C=O) groups is 1. The number of aliphatic hydroxyl groups is 8. The molecule has 2 heterocycles. The Labute approximate surface area is 363 Å². The highest BCUT2D eigenvalue weighted by atomic mass is 16.7. The number of allylic oxidation sites excluding steroid dienone is 15. The molecule has 0 aromatic carbocycles. The molecule has 0 aliphatic carbocycles. The summed E-state index contributed by atoms with van der Waals surface area (Å²) in [6.45, 7) is 2.42. The zero-order valence-corrected chi connectivity index (χ0v) is 36.1. The Morgan fingerprint density at radius 1 is 0.590 bits per heavy atom. The molecule has 346 valence electrons. The summed E-state index contributed by atoms with van der Waals surface area (Å²) in [7, 11) is 0. The summed E-state index contributed by atoms with van der Waals surface area (Å²) in [6.07, 6.45) is 26.2. The number of nitrogens with one attached hydrogen (secondary N) is 1. The quantitative estimate of drug-likeness (QED) is 0.0368. The SMILES string of the molecule is CC/C=C\C/C=C\C/C=C\C/C=C\C/C=C\CCCC(=O)NC(COC1OC(CO)C(OC2OC(CO)C(O)C(O)C2O)C(O)C1O)C(O)/C=C/CC/C=C/CC/C=C/CC. The lowest BCUT2D eigenvalue weighted by molar-refractivity contribution is -0.359. The topological polar surface area (TPSA) is 228 Å². The van der Waals surface area contributed by atoms with E-state index in [-0.39, 0.29) is 18.9 Å². The van der Waals surface area contributed by atoms with E-state index in [1.54, 1.807) is 6.08 Å². The van der Waals surface area contributed by atoms with Crippen molar-refractivity contribution in [2.75, 3.05) is 19.8 Å². The maximum atomic E-state index is 13.1. The van der Waals surface area contributed by atoms with Crippen LogP contribution in [0.5, 0.6) is 0 Å². The molecular weight excluding hydrogens is 787 g/mol. The third kappa shape index (κ3) is 21.7. The van der Waals surface area contributed by atoms with Gasteiger partial charge in [-0.05, 0) is 77.0 Å². The lowest BCUT2D eigenvalue weighted by atomic mass is 9.97. The molecular formula is C47H75NO13. The van der Waals surface area contributed by atoms with Crippen LogP contribution in [0.25, 0.3) is 0 Å². The second-order valence-electron chi connectivity index (χ2n) is 15.0. The number of hydrogen-bond acceptors (Lipinski definition) is 13. The van der Waals surface area contributed by atoms with Crippen molar-refractivity contribution in [1.82, 2.24) is 5.32 Å². The number of aliphatic hydroxyl groups excluding tert-OH is 8. The van der Waals surface area contributed by atoms with Gasteiger partial charge in [0.15, 0.2) is 12.6 Å². The van der Waals surface area contributed by atoms with E-state index < -0.39 is 86.8 Å². The average molecular weight is 862 g/mol. The molecule has 61 heavy (non-hydrogen) atoms. The molecule has 14 nitrogen and oxygen atoms in total. The number of hydrogen-bond donors (Lipinski definition) is 9. The zero-order chi connectivity index (χ0) is 44.7. The Kier molecular flexibility index (Phi) is 29.6. The third-order valence-corrected chi connectivity index (χ3v) is 9.99. The Morgan fingerprint density at radius 2 is 1.07 bits per heavy atom. The summed E-state index contributed by atoms with van der Waals surface area (Å²) < 4.78 is 22.5. The Balaban J connectivity index is 1.94. The van der Waals surface area contributed by atoms with Gasteiger partial charge in [0.25, 0.3) is 0 Å². The summed E-state index contributed by atoms with van der Waals surface area (Å²) in [4.78, 5) is 13.1. The predicted molar refractivity (Wildman–Crippen MR) is 235 cm³/mol. The van der Waals surface area contributed by atoms with Gasteiger partial charge >= 0.3 is 0 Å². The first kappa shape index (κ1) is 54.0.